The van der Waals surface area contributed by atoms with E-state index in [1.54, 1.807) is 0 Å². The summed E-state index contributed by atoms with van der Waals surface area (Å²) < 4.78 is 5.10. The van der Waals surface area contributed by atoms with E-state index in [1.165, 1.54) is 0 Å². The van der Waals surface area contributed by atoms with E-state index >= 15 is 0 Å². The molecule has 0 aromatic carbocycles. The van der Waals surface area contributed by atoms with E-state index < -0.39 is 5.60 Å². The molecule has 0 heterocycles. The molecular formula is C12H27N3O2. The molecule has 0 spiro atoms. The van der Waals surface area contributed by atoms with Gasteiger partial charge in [0.2, 0.25) is 0 Å². The summed E-state index contributed by atoms with van der Waals surface area (Å²) in [5.74, 6) is 0. The summed E-state index contributed by atoms with van der Waals surface area (Å²) in [6.45, 7) is 11.6. The highest BCUT2D eigenvalue weighted by Crippen LogP contribution is 2.06. The molecule has 0 radical (unpaired) electrons. The third kappa shape index (κ3) is 13.1. The van der Waals surface area contributed by atoms with E-state index in [4.69, 9.17) is 10.5 Å². The standard InChI is InChI=1S/C12H27N3O2/c1-11(2,3)17-10(16)15-9-8-14-7-6-12(4,5)13/h14H,6-9,13H2,1-5H3,(H,15,16). The van der Waals surface area contributed by atoms with Gasteiger partial charge in [0.15, 0.2) is 0 Å². The third-order valence-electron chi connectivity index (χ3n) is 1.92. The number of hydrogen-bond acceptors (Lipinski definition) is 4. The predicted octanol–water partition coefficient (Wildman–Crippen LogP) is 1.23. The molecule has 0 aliphatic heterocycles. The van der Waals surface area contributed by atoms with Gasteiger partial charge in [0.25, 0.3) is 0 Å². The maximum atomic E-state index is 11.3. The number of amides is 1. The quantitative estimate of drug-likeness (QED) is 0.615. The SMILES string of the molecule is CC(C)(N)CCNCCNC(=O)OC(C)(C)C. The number of alkyl carbamates (subject to hydrolysis) is 1. The van der Waals surface area contributed by atoms with Gasteiger partial charge in [0.05, 0.1) is 0 Å². The molecular weight excluding hydrogens is 218 g/mol. The van der Waals surface area contributed by atoms with Crippen LogP contribution in [0.1, 0.15) is 41.0 Å². The van der Waals surface area contributed by atoms with Crippen molar-refractivity contribution in [1.29, 1.82) is 0 Å². The molecule has 0 aromatic rings. The zero-order valence-electron chi connectivity index (χ0n) is 11.7. The fraction of sp³-hybridized carbons (Fsp3) is 0.917. The van der Waals surface area contributed by atoms with Gasteiger partial charge in [-0.15, -0.1) is 0 Å². The second-order valence-electron chi connectivity index (χ2n) is 5.92. The zero-order chi connectivity index (χ0) is 13.5. The van der Waals surface area contributed by atoms with Gasteiger partial charge < -0.3 is 21.1 Å². The lowest BCUT2D eigenvalue weighted by atomic mass is 10.0. The van der Waals surface area contributed by atoms with Crippen LogP contribution in [0.15, 0.2) is 0 Å². The molecule has 0 aliphatic rings. The molecule has 0 fully saturated rings. The van der Waals surface area contributed by atoms with Crippen molar-refractivity contribution in [1.82, 2.24) is 10.6 Å². The Morgan fingerprint density at radius 2 is 1.71 bits per heavy atom. The van der Waals surface area contributed by atoms with Gasteiger partial charge in [-0.1, -0.05) is 0 Å². The first-order valence-corrected chi connectivity index (χ1v) is 6.07. The van der Waals surface area contributed by atoms with Crippen LogP contribution in [0.3, 0.4) is 0 Å². The van der Waals surface area contributed by atoms with Gasteiger partial charge in [-0.3, -0.25) is 0 Å². The van der Waals surface area contributed by atoms with Crippen molar-refractivity contribution in [2.75, 3.05) is 19.6 Å². The lowest BCUT2D eigenvalue weighted by Gasteiger charge is -2.20. The second kappa shape index (κ2) is 6.81. The molecule has 0 rings (SSSR count). The molecule has 0 aliphatic carbocycles. The molecule has 0 aromatic heterocycles. The van der Waals surface area contributed by atoms with Crippen LogP contribution < -0.4 is 16.4 Å². The van der Waals surface area contributed by atoms with Crippen molar-refractivity contribution in [3.63, 3.8) is 0 Å². The Hall–Kier alpha value is -0.810. The van der Waals surface area contributed by atoms with E-state index in [9.17, 15) is 4.79 Å². The number of carbonyl (C=O) groups excluding carboxylic acids is 1. The monoisotopic (exact) mass is 245 g/mol. The smallest absolute Gasteiger partial charge is 0.407 e. The Bertz CT molecular complexity index is 229. The third-order valence-corrected chi connectivity index (χ3v) is 1.92. The average Bonchev–Trinajstić information content (AvgIpc) is 2.06. The lowest BCUT2D eigenvalue weighted by Crippen LogP contribution is -2.39. The van der Waals surface area contributed by atoms with Crippen molar-refractivity contribution < 1.29 is 9.53 Å². The van der Waals surface area contributed by atoms with Crippen LogP contribution in [0.2, 0.25) is 0 Å². The summed E-state index contributed by atoms with van der Waals surface area (Å²) >= 11 is 0. The number of carbonyl (C=O) groups is 1. The van der Waals surface area contributed by atoms with E-state index in [0.29, 0.717) is 6.54 Å². The summed E-state index contributed by atoms with van der Waals surface area (Å²) in [5, 5.41) is 5.89. The highest BCUT2D eigenvalue weighted by molar-refractivity contribution is 5.67. The number of rotatable bonds is 6. The largest absolute Gasteiger partial charge is 0.444 e. The first-order chi connectivity index (χ1) is 7.60. The minimum Gasteiger partial charge on any atom is -0.444 e. The van der Waals surface area contributed by atoms with E-state index in [0.717, 1.165) is 19.5 Å². The van der Waals surface area contributed by atoms with Crippen molar-refractivity contribution in [2.24, 2.45) is 5.73 Å². The lowest BCUT2D eigenvalue weighted by molar-refractivity contribution is 0.0528. The fourth-order valence-corrected chi connectivity index (χ4v) is 1.10. The maximum Gasteiger partial charge on any atom is 0.407 e. The van der Waals surface area contributed by atoms with Crippen molar-refractivity contribution in [3.8, 4) is 0 Å². The molecule has 17 heavy (non-hydrogen) atoms. The highest BCUT2D eigenvalue weighted by atomic mass is 16.6. The normalized spacial score (nSPS) is 12.4. The number of hydrogen-bond donors (Lipinski definition) is 3. The van der Waals surface area contributed by atoms with Crippen molar-refractivity contribution in [2.45, 2.75) is 52.2 Å². The molecule has 5 heteroatoms. The van der Waals surface area contributed by atoms with Crippen LogP contribution in [-0.2, 0) is 4.74 Å². The topological polar surface area (TPSA) is 76.4 Å². The number of ether oxygens (including phenoxy) is 1. The van der Waals surface area contributed by atoms with Gasteiger partial charge in [-0.05, 0) is 47.6 Å². The maximum absolute atomic E-state index is 11.3. The Morgan fingerprint density at radius 3 is 2.18 bits per heavy atom. The molecule has 0 bridgehead atoms. The summed E-state index contributed by atoms with van der Waals surface area (Å²) in [4.78, 5) is 11.3. The molecule has 102 valence electrons. The van der Waals surface area contributed by atoms with Crippen LogP contribution in [0.25, 0.3) is 0 Å². The second-order valence-corrected chi connectivity index (χ2v) is 5.92. The van der Waals surface area contributed by atoms with E-state index in [2.05, 4.69) is 10.6 Å². The van der Waals surface area contributed by atoms with Crippen LogP contribution in [0.4, 0.5) is 4.79 Å². The molecule has 0 unspecified atom stereocenters. The highest BCUT2D eigenvalue weighted by Gasteiger charge is 2.15. The van der Waals surface area contributed by atoms with E-state index in [1.807, 2.05) is 34.6 Å². The predicted molar refractivity (Wildman–Crippen MR) is 70.0 cm³/mol. The molecule has 1 amide bonds. The summed E-state index contributed by atoms with van der Waals surface area (Å²) in [5.41, 5.74) is 5.25. The van der Waals surface area contributed by atoms with Gasteiger partial charge in [0, 0.05) is 18.6 Å². The average molecular weight is 245 g/mol. The van der Waals surface area contributed by atoms with Crippen LogP contribution in [0, 0.1) is 0 Å². The first kappa shape index (κ1) is 16.2. The summed E-state index contributed by atoms with van der Waals surface area (Å²) in [6.07, 6.45) is 0.526. The Kier molecular flexibility index (Phi) is 6.49. The summed E-state index contributed by atoms with van der Waals surface area (Å²) in [7, 11) is 0. The number of nitrogens with two attached hydrogens (primary N) is 1. The Morgan fingerprint density at radius 1 is 1.12 bits per heavy atom. The minimum absolute atomic E-state index is 0.147. The molecule has 5 nitrogen and oxygen atoms in total. The van der Waals surface area contributed by atoms with Crippen LogP contribution >= 0.6 is 0 Å². The van der Waals surface area contributed by atoms with Crippen LogP contribution in [-0.4, -0.2) is 36.9 Å². The molecule has 0 saturated carbocycles. The van der Waals surface area contributed by atoms with Gasteiger partial charge >= 0.3 is 6.09 Å². The minimum atomic E-state index is -0.443. The Balaban J connectivity index is 3.44. The zero-order valence-corrected chi connectivity index (χ0v) is 11.7. The van der Waals surface area contributed by atoms with Gasteiger partial charge in [-0.25, -0.2) is 4.79 Å². The first-order valence-electron chi connectivity index (χ1n) is 6.07. The fourth-order valence-electron chi connectivity index (χ4n) is 1.10. The molecule has 0 atom stereocenters. The van der Waals surface area contributed by atoms with Crippen LogP contribution in [0.5, 0.6) is 0 Å². The molecule has 0 saturated heterocycles. The number of nitrogens with one attached hydrogen (secondary N) is 2. The van der Waals surface area contributed by atoms with Crippen molar-refractivity contribution in [3.05, 3.63) is 0 Å². The van der Waals surface area contributed by atoms with Gasteiger partial charge in [-0.2, -0.15) is 0 Å². The van der Waals surface area contributed by atoms with E-state index in [-0.39, 0.29) is 11.6 Å². The molecule has 4 N–H and O–H groups in total. The Labute approximate surface area is 104 Å². The van der Waals surface area contributed by atoms with Gasteiger partial charge in [0.1, 0.15) is 5.60 Å². The van der Waals surface area contributed by atoms with Crippen molar-refractivity contribution >= 4 is 6.09 Å². The summed E-state index contributed by atoms with van der Waals surface area (Å²) in [6, 6.07) is 0.